The Hall–Kier alpha value is -0.860. The average molecular weight is 219 g/mol. The molecule has 0 amide bonds. The van der Waals surface area contributed by atoms with E-state index in [4.69, 9.17) is 0 Å². The maximum Gasteiger partial charge on any atom is 0.0665 e. The molecule has 1 N–H and O–H groups in total. The van der Waals surface area contributed by atoms with Gasteiger partial charge in [-0.25, -0.2) is 0 Å². The zero-order valence-electron chi connectivity index (χ0n) is 10.2. The molecule has 1 aliphatic rings. The molecule has 1 aliphatic heterocycles. The zero-order valence-corrected chi connectivity index (χ0v) is 10.2. The summed E-state index contributed by atoms with van der Waals surface area (Å²) in [5, 5.41) is 9.69. The fourth-order valence-corrected chi connectivity index (χ4v) is 2.40. The van der Waals surface area contributed by atoms with Gasteiger partial charge in [0, 0.05) is 13.1 Å². The Morgan fingerprint density at radius 3 is 2.44 bits per heavy atom. The van der Waals surface area contributed by atoms with Crippen molar-refractivity contribution in [2.45, 2.75) is 25.8 Å². The van der Waals surface area contributed by atoms with Crippen LogP contribution in [0.1, 0.15) is 25.8 Å². The van der Waals surface area contributed by atoms with Crippen LogP contribution in [0, 0.1) is 5.92 Å². The summed E-state index contributed by atoms with van der Waals surface area (Å²) < 4.78 is 0. The lowest BCUT2D eigenvalue weighted by molar-refractivity contribution is -0.0412. The van der Waals surface area contributed by atoms with E-state index >= 15 is 0 Å². The van der Waals surface area contributed by atoms with Crippen molar-refractivity contribution in [3.05, 3.63) is 35.9 Å². The van der Waals surface area contributed by atoms with Crippen LogP contribution >= 0.6 is 0 Å². The van der Waals surface area contributed by atoms with E-state index in [1.54, 1.807) is 0 Å². The molecule has 1 fully saturated rings. The van der Waals surface area contributed by atoms with Crippen molar-refractivity contribution in [1.29, 1.82) is 0 Å². The normalized spacial score (nSPS) is 21.4. The highest BCUT2D eigenvalue weighted by Gasteiger charge is 2.40. The number of rotatable bonds is 4. The first-order valence-electron chi connectivity index (χ1n) is 6.12. The predicted octanol–water partition coefficient (Wildman–Crippen LogP) is 2.24. The summed E-state index contributed by atoms with van der Waals surface area (Å²) in [6.45, 7) is 6.79. The third-order valence-corrected chi connectivity index (χ3v) is 3.94. The summed E-state index contributed by atoms with van der Waals surface area (Å²) >= 11 is 0. The van der Waals surface area contributed by atoms with Crippen LogP contribution < -0.4 is 0 Å². The van der Waals surface area contributed by atoms with Gasteiger partial charge in [-0.2, -0.15) is 0 Å². The summed E-state index contributed by atoms with van der Waals surface area (Å²) in [4.78, 5) is 2.39. The highest BCUT2D eigenvalue weighted by Crippen LogP contribution is 2.34. The van der Waals surface area contributed by atoms with E-state index in [1.807, 2.05) is 18.2 Å². The van der Waals surface area contributed by atoms with Crippen LogP contribution in [0.15, 0.2) is 30.3 Å². The van der Waals surface area contributed by atoms with Crippen LogP contribution in [0.2, 0.25) is 0 Å². The molecule has 1 aromatic carbocycles. The largest absolute Gasteiger partial charge is 0.394 e. The second kappa shape index (κ2) is 4.56. The Morgan fingerprint density at radius 1 is 1.31 bits per heavy atom. The van der Waals surface area contributed by atoms with Crippen molar-refractivity contribution < 1.29 is 5.11 Å². The molecule has 2 nitrogen and oxygen atoms in total. The van der Waals surface area contributed by atoms with Crippen molar-refractivity contribution in [2.75, 3.05) is 19.7 Å². The van der Waals surface area contributed by atoms with Crippen molar-refractivity contribution in [3.63, 3.8) is 0 Å². The van der Waals surface area contributed by atoms with Crippen LogP contribution in [0.5, 0.6) is 0 Å². The van der Waals surface area contributed by atoms with Gasteiger partial charge in [0.1, 0.15) is 0 Å². The van der Waals surface area contributed by atoms with E-state index in [0.29, 0.717) is 0 Å². The first-order valence-corrected chi connectivity index (χ1v) is 6.12. The number of hydrogen-bond acceptors (Lipinski definition) is 2. The summed E-state index contributed by atoms with van der Waals surface area (Å²) in [6.07, 6.45) is 1.24. The SMILES string of the molecule is CCC1CN(C(C)(CO)c2ccccc2)C1. The van der Waals surface area contributed by atoms with E-state index < -0.39 is 0 Å². The monoisotopic (exact) mass is 219 g/mol. The number of benzene rings is 1. The van der Waals surface area contributed by atoms with Crippen LogP contribution in [-0.2, 0) is 5.54 Å². The summed E-state index contributed by atoms with van der Waals surface area (Å²) in [5.41, 5.74) is 1.01. The van der Waals surface area contributed by atoms with Gasteiger partial charge >= 0.3 is 0 Å². The molecule has 88 valence electrons. The Bertz CT molecular complexity index is 332. The second-order valence-electron chi connectivity index (χ2n) is 4.98. The van der Waals surface area contributed by atoms with E-state index in [-0.39, 0.29) is 12.1 Å². The molecule has 16 heavy (non-hydrogen) atoms. The molecule has 2 rings (SSSR count). The highest BCUT2D eigenvalue weighted by molar-refractivity contribution is 5.24. The third kappa shape index (κ3) is 1.87. The van der Waals surface area contributed by atoms with Crippen molar-refractivity contribution in [1.82, 2.24) is 4.90 Å². The zero-order chi connectivity index (χ0) is 11.6. The number of aliphatic hydroxyl groups excluding tert-OH is 1. The lowest BCUT2D eigenvalue weighted by Gasteiger charge is -2.50. The molecule has 0 radical (unpaired) electrons. The van der Waals surface area contributed by atoms with Gasteiger partial charge in [-0.1, -0.05) is 43.7 Å². The van der Waals surface area contributed by atoms with Crippen molar-refractivity contribution in [3.8, 4) is 0 Å². The molecular formula is C14H21NO. The minimum absolute atomic E-state index is 0.188. The molecule has 1 aromatic rings. The summed E-state index contributed by atoms with van der Waals surface area (Å²) in [5.74, 6) is 0.814. The second-order valence-corrected chi connectivity index (χ2v) is 4.98. The minimum Gasteiger partial charge on any atom is -0.394 e. The van der Waals surface area contributed by atoms with Gasteiger partial charge in [0.05, 0.1) is 12.1 Å². The number of hydrogen-bond donors (Lipinski definition) is 1. The standard InChI is InChI=1S/C14H21NO/c1-3-12-9-15(10-12)14(2,11-16)13-7-5-4-6-8-13/h4-8,12,16H,3,9-11H2,1-2H3. The lowest BCUT2D eigenvalue weighted by atomic mass is 9.84. The van der Waals surface area contributed by atoms with Gasteiger partial charge in [-0.15, -0.1) is 0 Å². The van der Waals surface area contributed by atoms with Crippen LogP contribution in [-0.4, -0.2) is 29.7 Å². The fourth-order valence-electron chi connectivity index (χ4n) is 2.40. The molecule has 0 aliphatic carbocycles. The maximum atomic E-state index is 9.69. The lowest BCUT2D eigenvalue weighted by Crippen LogP contribution is -2.58. The number of nitrogens with zero attached hydrogens (tertiary/aromatic N) is 1. The van der Waals surface area contributed by atoms with E-state index in [2.05, 4.69) is 30.9 Å². The molecule has 1 atom stereocenters. The first-order chi connectivity index (χ1) is 7.70. The minimum atomic E-state index is -0.201. The molecular weight excluding hydrogens is 198 g/mol. The topological polar surface area (TPSA) is 23.5 Å². The summed E-state index contributed by atoms with van der Waals surface area (Å²) in [6, 6.07) is 10.3. The highest BCUT2D eigenvalue weighted by atomic mass is 16.3. The van der Waals surface area contributed by atoms with Gasteiger partial charge in [-0.3, -0.25) is 4.90 Å². The fraction of sp³-hybridized carbons (Fsp3) is 0.571. The van der Waals surface area contributed by atoms with E-state index in [0.717, 1.165) is 19.0 Å². The predicted molar refractivity (Wildman–Crippen MR) is 66.2 cm³/mol. The Morgan fingerprint density at radius 2 is 1.94 bits per heavy atom. The van der Waals surface area contributed by atoms with E-state index in [9.17, 15) is 5.11 Å². The molecule has 0 saturated carbocycles. The average Bonchev–Trinajstić information content (AvgIpc) is 2.28. The molecule has 1 saturated heterocycles. The van der Waals surface area contributed by atoms with Crippen LogP contribution in [0.25, 0.3) is 0 Å². The van der Waals surface area contributed by atoms with Gasteiger partial charge in [0.25, 0.3) is 0 Å². The Kier molecular flexibility index (Phi) is 3.31. The third-order valence-electron chi connectivity index (χ3n) is 3.94. The molecule has 0 aromatic heterocycles. The molecule has 2 heteroatoms. The molecule has 0 bridgehead atoms. The van der Waals surface area contributed by atoms with Gasteiger partial charge in [0.15, 0.2) is 0 Å². The van der Waals surface area contributed by atoms with Crippen LogP contribution in [0.4, 0.5) is 0 Å². The Balaban J connectivity index is 2.15. The van der Waals surface area contributed by atoms with Gasteiger partial charge in [-0.05, 0) is 18.4 Å². The molecule has 0 spiro atoms. The summed E-state index contributed by atoms with van der Waals surface area (Å²) in [7, 11) is 0. The van der Waals surface area contributed by atoms with Crippen molar-refractivity contribution >= 4 is 0 Å². The number of likely N-dealkylation sites (tertiary alicyclic amines) is 1. The maximum absolute atomic E-state index is 9.69. The van der Waals surface area contributed by atoms with Crippen LogP contribution in [0.3, 0.4) is 0 Å². The van der Waals surface area contributed by atoms with E-state index in [1.165, 1.54) is 12.0 Å². The molecule has 1 unspecified atom stereocenters. The number of aliphatic hydroxyl groups is 1. The molecule has 1 heterocycles. The van der Waals surface area contributed by atoms with Crippen molar-refractivity contribution in [2.24, 2.45) is 5.92 Å². The Labute approximate surface area is 97.9 Å². The van der Waals surface area contributed by atoms with Gasteiger partial charge < -0.3 is 5.11 Å². The first kappa shape index (κ1) is 11.6. The quantitative estimate of drug-likeness (QED) is 0.839. The smallest absolute Gasteiger partial charge is 0.0665 e. The van der Waals surface area contributed by atoms with Gasteiger partial charge in [0.2, 0.25) is 0 Å².